The van der Waals surface area contributed by atoms with Crippen molar-refractivity contribution in [3.8, 4) is 0 Å². The summed E-state index contributed by atoms with van der Waals surface area (Å²) in [6, 6.07) is 0.435. The Morgan fingerprint density at radius 3 is 1.36 bits per heavy atom. The molecule has 22 heavy (non-hydrogen) atoms. The van der Waals surface area contributed by atoms with Gasteiger partial charge in [-0.15, -0.1) is 0 Å². The van der Waals surface area contributed by atoms with Crippen LogP contribution in [0, 0.1) is 0 Å². The molecule has 130 valence electrons. The Morgan fingerprint density at radius 2 is 1.09 bits per heavy atom. The van der Waals surface area contributed by atoms with Crippen molar-refractivity contribution in [1.29, 1.82) is 0 Å². The fourth-order valence-corrected chi connectivity index (χ4v) is 3.12. The Balaban J connectivity index is 2.88. The second-order valence-corrected chi connectivity index (χ2v) is 5.54. The van der Waals surface area contributed by atoms with Gasteiger partial charge in [0.1, 0.15) is 0 Å². The summed E-state index contributed by atoms with van der Waals surface area (Å²) in [4.78, 5) is 7.48. The van der Waals surface area contributed by atoms with Crippen LogP contribution in [0.4, 0.5) is 0 Å². The summed E-state index contributed by atoms with van der Waals surface area (Å²) in [6.45, 7) is 16.6. The second kappa shape index (κ2) is 10.1. The van der Waals surface area contributed by atoms with Crippen LogP contribution in [0.15, 0.2) is 11.4 Å². The summed E-state index contributed by atoms with van der Waals surface area (Å²) in [5.41, 5.74) is 3.00. The molecule has 0 saturated heterocycles. The Labute approximate surface area is 136 Å². The van der Waals surface area contributed by atoms with Gasteiger partial charge < -0.3 is 19.3 Å². The zero-order valence-corrected chi connectivity index (χ0v) is 15.4. The van der Waals surface area contributed by atoms with E-state index in [1.54, 1.807) is 14.2 Å². The molecule has 0 aromatic carbocycles. The molecule has 0 saturated carbocycles. The molecule has 0 unspecified atom stereocenters. The molecule has 1 rings (SSSR count). The largest absolute Gasteiger partial charge is 0.383 e. The van der Waals surface area contributed by atoms with Crippen LogP contribution >= 0.6 is 0 Å². The molecule has 1 aliphatic carbocycles. The summed E-state index contributed by atoms with van der Waals surface area (Å²) >= 11 is 0. The topological polar surface area (TPSA) is 28.2 Å². The van der Waals surface area contributed by atoms with Gasteiger partial charge in [-0.25, -0.2) is 0 Å². The maximum Gasteiger partial charge on any atom is 0.0941 e. The molecule has 0 aromatic heterocycles. The van der Waals surface area contributed by atoms with E-state index >= 15 is 0 Å². The van der Waals surface area contributed by atoms with Crippen LogP contribution in [-0.2, 0) is 9.47 Å². The van der Waals surface area contributed by atoms with Gasteiger partial charge in [0, 0.05) is 53.5 Å². The van der Waals surface area contributed by atoms with Gasteiger partial charge >= 0.3 is 0 Å². The minimum atomic E-state index is 0.435. The third-order valence-corrected chi connectivity index (χ3v) is 4.44. The SMILES string of the molecule is CCN(CC)C1=C(N(CC)CC)C1N(CCOC)CCOC. The van der Waals surface area contributed by atoms with E-state index in [0.717, 1.165) is 52.5 Å². The first-order valence-corrected chi connectivity index (χ1v) is 8.65. The van der Waals surface area contributed by atoms with E-state index in [2.05, 4.69) is 42.4 Å². The fraction of sp³-hybridized carbons (Fsp3) is 0.882. The molecule has 0 heterocycles. The molecular formula is C17H35N3O2. The first kappa shape index (κ1) is 19.3. The van der Waals surface area contributed by atoms with Gasteiger partial charge in [-0.3, -0.25) is 4.90 Å². The van der Waals surface area contributed by atoms with Gasteiger partial charge in [0.25, 0.3) is 0 Å². The van der Waals surface area contributed by atoms with Crippen LogP contribution in [0.25, 0.3) is 0 Å². The molecule has 0 atom stereocenters. The number of ether oxygens (including phenoxy) is 2. The molecule has 0 spiro atoms. The molecular weight excluding hydrogens is 278 g/mol. The average Bonchev–Trinajstić information content (AvgIpc) is 3.25. The minimum Gasteiger partial charge on any atom is -0.383 e. The molecule has 0 radical (unpaired) electrons. The van der Waals surface area contributed by atoms with Gasteiger partial charge in [-0.2, -0.15) is 0 Å². The van der Waals surface area contributed by atoms with E-state index in [9.17, 15) is 0 Å². The molecule has 0 amide bonds. The van der Waals surface area contributed by atoms with Crippen molar-refractivity contribution in [1.82, 2.24) is 14.7 Å². The zero-order valence-electron chi connectivity index (χ0n) is 15.4. The first-order chi connectivity index (χ1) is 10.7. The Kier molecular flexibility index (Phi) is 8.83. The molecule has 5 nitrogen and oxygen atoms in total. The fourth-order valence-electron chi connectivity index (χ4n) is 3.12. The standard InChI is InChI=1S/C17H35N3O2/c1-7-18(8-2)15-16(19(9-3)10-4)17(15)20(11-13-21-5)12-14-22-6/h17H,7-14H2,1-6H3. The summed E-state index contributed by atoms with van der Waals surface area (Å²) < 4.78 is 10.6. The van der Waals surface area contributed by atoms with Gasteiger partial charge in [0.05, 0.1) is 30.6 Å². The Hall–Kier alpha value is -0.780. The molecule has 0 aromatic rings. The van der Waals surface area contributed by atoms with Crippen molar-refractivity contribution >= 4 is 0 Å². The van der Waals surface area contributed by atoms with Crippen molar-refractivity contribution < 1.29 is 9.47 Å². The van der Waals surface area contributed by atoms with Gasteiger partial charge in [0.2, 0.25) is 0 Å². The summed E-state index contributed by atoms with van der Waals surface area (Å²) in [5.74, 6) is 0. The van der Waals surface area contributed by atoms with E-state index in [0.29, 0.717) is 6.04 Å². The predicted molar refractivity (Wildman–Crippen MR) is 92.0 cm³/mol. The number of nitrogens with zero attached hydrogens (tertiary/aromatic N) is 3. The number of likely N-dealkylation sites (N-methyl/N-ethyl adjacent to an activating group) is 2. The third-order valence-electron chi connectivity index (χ3n) is 4.44. The smallest absolute Gasteiger partial charge is 0.0941 e. The Morgan fingerprint density at radius 1 is 0.727 bits per heavy atom. The highest BCUT2D eigenvalue weighted by Crippen LogP contribution is 2.41. The van der Waals surface area contributed by atoms with Crippen LogP contribution in [-0.4, -0.2) is 87.4 Å². The van der Waals surface area contributed by atoms with Crippen LogP contribution in [0.2, 0.25) is 0 Å². The van der Waals surface area contributed by atoms with Crippen LogP contribution in [0.3, 0.4) is 0 Å². The normalized spacial score (nSPS) is 14.9. The molecule has 5 heteroatoms. The second-order valence-electron chi connectivity index (χ2n) is 5.54. The van der Waals surface area contributed by atoms with E-state index < -0.39 is 0 Å². The lowest BCUT2D eigenvalue weighted by Crippen LogP contribution is -2.38. The van der Waals surface area contributed by atoms with Crippen LogP contribution in [0.1, 0.15) is 27.7 Å². The van der Waals surface area contributed by atoms with Crippen molar-refractivity contribution in [2.45, 2.75) is 33.7 Å². The van der Waals surface area contributed by atoms with Gasteiger partial charge in [-0.05, 0) is 27.7 Å². The highest BCUT2D eigenvalue weighted by molar-refractivity contribution is 5.44. The lowest BCUT2D eigenvalue weighted by molar-refractivity contribution is 0.105. The van der Waals surface area contributed by atoms with Crippen molar-refractivity contribution in [3.05, 3.63) is 11.4 Å². The van der Waals surface area contributed by atoms with E-state index in [1.807, 2.05) is 0 Å². The number of hydrogen-bond donors (Lipinski definition) is 0. The quantitative estimate of drug-likeness (QED) is 0.517. The molecule has 0 N–H and O–H groups in total. The molecule has 0 aliphatic heterocycles. The maximum absolute atomic E-state index is 5.30. The lowest BCUT2D eigenvalue weighted by Gasteiger charge is -2.27. The van der Waals surface area contributed by atoms with Gasteiger partial charge in [0.15, 0.2) is 0 Å². The predicted octanol–water partition coefficient (Wildman–Crippen LogP) is 1.86. The van der Waals surface area contributed by atoms with E-state index in [4.69, 9.17) is 9.47 Å². The summed E-state index contributed by atoms with van der Waals surface area (Å²) in [7, 11) is 3.54. The van der Waals surface area contributed by atoms with Crippen LogP contribution in [0.5, 0.6) is 0 Å². The molecule has 0 fully saturated rings. The summed E-state index contributed by atoms with van der Waals surface area (Å²) in [6.07, 6.45) is 0. The average molecular weight is 313 g/mol. The molecule has 1 aliphatic rings. The maximum atomic E-state index is 5.30. The van der Waals surface area contributed by atoms with Crippen molar-refractivity contribution in [3.63, 3.8) is 0 Å². The molecule has 0 bridgehead atoms. The lowest BCUT2D eigenvalue weighted by atomic mass is 10.3. The number of hydrogen-bond acceptors (Lipinski definition) is 5. The third kappa shape index (κ3) is 4.61. The highest BCUT2D eigenvalue weighted by atomic mass is 16.5. The van der Waals surface area contributed by atoms with Crippen LogP contribution < -0.4 is 0 Å². The highest BCUT2D eigenvalue weighted by Gasteiger charge is 2.46. The zero-order chi connectivity index (χ0) is 16.5. The number of methoxy groups -OCH3 is 2. The minimum absolute atomic E-state index is 0.435. The van der Waals surface area contributed by atoms with Crippen molar-refractivity contribution in [2.24, 2.45) is 0 Å². The van der Waals surface area contributed by atoms with Crippen molar-refractivity contribution in [2.75, 3.05) is 66.7 Å². The summed E-state index contributed by atoms with van der Waals surface area (Å²) in [5, 5.41) is 0. The van der Waals surface area contributed by atoms with Gasteiger partial charge in [-0.1, -0.05) is 0 Å². The van der Waals surface area contributed by atoms with E-state index in [-0.39, 0.29) is 0 Å². The van der Waals surface area contributed by atoms with E-state index in [1.165, 1.54) is 11.4 Å². The Bertz CT molecular complexity index is 309. The first-order valence-electron chi connectivity index (χ1n) is 8.65. The monoisotopic (exact) mass is 313 g/mol. The number of rotatable bonds is 13.